The van der Waals surface area contributed by atoms with Gasteiger partial charge in [0.05, 0.1) is 0 Å². The maximum atomic E-state index is 2.59. The van der Waals surface area contributed by atoms with Gasteiger partial charge < -0.3 is 14.7 Å². The quantitative estimate of drug-likeness (QED) is 0.289. The third kappa shape index (κ3) is 2.68. The molecule has 0 N–H and O–H groups in total. The number of aryl methyl sites for hydroxylation is 1. The fourth-order valence-electron chi connectivity index (χ4n) is 8.27. The number of rotatable bonds is 0. The Labute approximate surface area is 236 Å². The lowest BCUT2D eigenvalue weighted by Gasteiger charge is -2.43. The second kappa shape index (κ2) is 7.63. The van der Waals surface area contributed by atoms with Gasteiger partial charge in [0.1, 0.15) is 0 Å². The summed E-state index contributed by atoms with van der Waals surface area (Å²) < 4.78 is 0. The molecule has 0 amide bonds. The Balaban J connectivity index is 1.35. The van der Waals surface area contributed by atoms with Crippen molar-refractivity contribution in [3.63, 3.8) is 0 Å². The summed E-state index contributed by atoms with van der Waals surface area (Å²) in [5, 5.41) is 0. The highest BCUT2D eigenvalue weighted by molar-refractivity contribution is 7.02. The van der Waals surface area contributed by atoms with Gasteiger partial charge in [-0.25, -0.2) is 0 Å². The van der Waals surface area contributed by atoms with Crippen LogP contribution in [0.1, 0.15) is 16.7 Å². The maximum Gasteiger partial charge on any atom is 0.252 e. The van der Waals surface area contributed by atoms with Crippen LogP contribution >= 0.6 is 0 Å². The van der Waals surface area contributed by atoms with Gasteiger partial charge in [-0.1, -0.05) is 60.1 Å². The molecule has 5 heteroatoms. The zero-order valence-electron chi connectivity index (χ0n) is 23.4. The van der Waals surface area contributed by atoms with Crippen LogP contribution in [0.3, 0.4) is 0 Å². The van der Waals surface area contributed by atoms with E-state index in [-0.39, 0.29) is 13.4 Å². The second-order valence-electron chi connectivity index (χ2n) is 12.0. The lowest BCUT2D eigenvalue weighted by atomic mass is 9.29. The Morgan fingerprint density at radius 1 is 0.475 bits per heavy atom. The van der Waals surface area contributed by atoms with E-state index in [1.165, 1.54) is 83.6 Å². The highest BCUT2D eigenvalue weighted by Gasteiger charge is 2.44. The Kier molecular flexibility index (Phi) is 4.28. The van der Waals surface area contributed by atoms with Crippen molar-refractivity contribution in [2.75, 3.05) is 35.8 Å². The minimum absolute atomic E-state index is 0.218. The number of anilines is 6. The Morgan fingerprint density at radius 3 is 1.75 bits per heavy atom. The minimum Gasteiger partial charge on any atom is -0.345 e. The summed E-state index contributed by atoms with van der Waals surface area (Å²) in [5.41, 5.74) is 20.8. The van der Waals surface area contributed by atoms with Crippen LogP contribution in [0.15, 0.2) is 91.0 Å². The molecule has 0 aromatic heterocycles. The van der Waals surface area contributed by atoms with Crippen LogP contribution in [-0.4, -0.2) is 34.6 Å². The first-order valence-corrected chi connectivity index (χ1v) is 14.3. The van der Waals surface area contributed by atoms with Gasteiger partial charge in [-0.3, -0.25) is 0 Å². The predicted molar refractivity (Wildman–Crippen MR) is 173 cm³/mol. The third-order valence-electron chi connectivity index (χ3n) is 9.98. The van der Waals surface area contributed by atoms with Gasteiger partial charge >= 0.3 is 0 Å². The fraction of sp³-hybridized carbons (Fsp3) is 0.143. The summed E-state index contributed by atoms with van der Waals surface area (Å²) in [4.78, 5) is 7.22. The number of hydrogen-bond acceptors (Lipinski definition) is 3. The van der Waals surface area contributed by atoms with E-state index < -0.39 is 0 Å². The van der Waals surface area contributed by atoms with Crippen LogP contribution in [0.2, 0.25) is 0 Å². The zero-order valence-corrected chi connectivity index (χ0v) is 23.4. The Bertz CT molecular complexity index is 1930. The standard InChI is InChI=1S/C35H29B2N3/c1-21-16-23-18-22-19-32-27(20-26(22)36-24-10-5-8-13-29(24)39(3)33(17-21)34(23)36)37-25-11-6-7-12-28(25)38(2)30-14-9-15-31(35(30)37)40(32)4/h5-17,19-20H,18H2,1-4H3. The number of fused-ring (bicyclic) bond motifs is 8. The molecule has 0 unspecified atom stereocenters. The first-order valence-electron chi connectivity index (χ1n) is 14.3. The summed E-state index contributed by atoms with van der Waals surface area (Å²) >= 11 is 0. The van der Waals surface area contributed by atoms with Crippen molar-refractivity contribution >= 4 is 80.3 Å². The van der Waals surface area contributed by atoms with E-state index >= 15 is 0 Å². The van der Waals surface area contributed by atoms with Crippen molar-refractivity contribution < 1.29 is 0 Å². The van der Waals surface area contributed by atoms with Crippen molar-refractivity contribution in [3.05, 3.63) is 108 Å². The summed E-state index contributed by atoms with van der Waals surface area (Å²) in [7, 11) is 6.69. The van der Waals surface area contributed by atoms with E-state index in [2.05, 4.69) is 134 Å². The molecule has 0 aliphatic carbocycles. The molecule has 0 spiro atoms. The molecule has 5 aromatic carbocycles. The molecule has 4 aliphatic heterocycles. The van der Waals surface area contributed by atoms with E-state index in [1.54, 1.807) is 0 Å². The topological polar surface area (TPSA) is 9.72 Å². The lowest BCUT2D eigenvalue weighted by Crippen LogP contribution is -2.65. The Hall–Kier alpha value is -4.37. The molecule has 190 valence electrons. The first kappa shape index (κ1) is 22.4. The molecular weight excluding hydrogens is 484 g/mol. The average Bonchev–Trinajstić information content (AvgIpc) is 2.98. The highest BCUT2D eigenvalue weighted by Crippen LogP contribution is 2.37. The maximum absolute atomic E-state index is 2.59. The smallest absolute Gasteiger partial charge is 0.252 e. The summed E-state index contributed by atoms with van der Waals surface area (Å²) in [6.07, 6.45) is 0.976. The van der Waals surface area contributed by atoms with Gasteiger partial charge in [0.2, 0.25) is 6.71 Å². The molecule has 40 heavy (non-hydrogen) atoms. The van der Waals surface area contributed by atoms with Gasteiger partial charge in [0.15, 0.2) is 0 Å². The van der Waals surface area contributed by atoms with Gasteiger partial charge in [-0.15, -0.1) is 0 Å². The Morgan fingerprint density at radius 2 is 1.05 bits per heavy atom. The van der Waals surface area contributed by atoms with Gasteiger partial charge in [0, 0.05) is 55.3 Å². The zero-order chi connectivity index (χ0) is 26.9. The van der Waals surface area contributed by atoms with E-state index in [1.807, 2.05) is 0 Å². The molecule has 4 aliphatic rings. The minimum atomic E-state index is 0.218. The van der Waals surface area contributed by atoms with Crippen LogP contribution in [0, 0.1) is 6.92 Å². The summed E-state index contributed by atoms with van der Waals surface area (Å²) in [5.74, 6) is 0. The van der Waals surface area contributed by atoms with Crippen molar-refractivity contribution in [3.8, 4) is 0 Å². The van der Waals surface area contributed by atoms with Crippen molar-refractivity contribution in [2.24, 2.45) is 0 Å². The molecule has 3 nitrogen and oxygen atoms in total. The number of hydrogen-bond donors (Lipinski definition) is 0. The first-order chi connectivity index (χ1) is 19.5. The molecule has 0 atom stereocenters. The van der Waals surface area contributed by atoms with Crippen LogP contribution < -0.4 is 47.5 Å². The number of nitrogens with zero attached hydrogens (tertiary/aromatic N) is 3. The van der Waals surface area contributed by atoms with Crippen molar-refractivity contribution in [1.82, 2.24) is 0 Å². The van der Waals surface area contributed by atoms with Crippen LogP contribution in [0.25, 0.3) is 0 Å². The van der Waals surface area contributed by atoms with E-state index in [4.69, 9.17) is 0 Å². The lowest BCUT2D eigenvalue weighted by molar-refractivity contribution is 1.14. The van der Waals surface area contributed by atoms with Crippen molar-refractivity contribution in [2.45, 2.75) is 13.3 Å². The van der Waals surface area contributed by atoms with Gasteiger partial charge in [0.25, 0.3) is 6.71 Å². The van der Waals surface area contributed by atoms with Gasteiger partial charge in [-0.2, -0.15) is 0 Å². The second-order valence-corrected chi connectivity index (χ2v) is 12.0. The predicted octanol–water partition coefficient (Wildman–Crippen LogP) is 3.18. The molecule has 9 rings (SSSR count). The summed E-state index contributed by atoms with van der Waals surface area (Å²) in [6, 6.07) is 34.7. The molecule has 4 heterocycles. The monoisotopic (exact) mass is 513 g/mol. The molecule has 0 saturated heterocycles. The normalized spacial score (nSPS) is 15.2. The SMILES string of the molecule is Cc1cc2c3c(c1)N(C)c1ccccc1B3c1cc3c(cc1C2)N(C)c1cccc2c1B3c1ccccc1N2C. The average molecular weight is 513 g/mol. The molecule has 0 bridgehead atoms. The number of para-hydroxylation sites is 2. The van der Waals surface area contributed by atoms with Gasteiger partial charge in [-0.05, 0) is 93.7 Å². The van der Waals surface area contributed by atoms with E-state index in [0.29, 0.717) is 0 Å². The third-order valence-corrected chi connectivity index (χ3v) is 9.98. The molecule has 0 saturated carbocycles. The van der Waals surface area contributed by atoms with Crippen molar-refractivity contribution in [1.29, 1.82) is 0 Å². The molecule has 0 radical (unpaired) electrons. The number of benzene rings is 5. The van der Waals surface area contributed by atoms with Crippen LogP contribution in [0.5, 0.6) is 0 Å². The molecule has 0 fully saturated rings. The summed E-state index contributed by atoms with van der Waals surface area (Å²) in [6.45, 7) is 2.70. The highest BCUT2D eigenvalue weighted by atomic mass is 15.1. The van der Waals surface area contributed by atoms with Crippen LogP contribution in [-0.2, 0) is 6.42 Å². The van der Waals surface area contributed by atoms with E-state index in [9.17, 15) is 0 Å². The largest absolute Gasteiger partial charge is 0.345 e. The van der Waals surface area contributed by atoms with E-state index in [0.717, 1.165) is 6.42 Å². The molecular formula is C35H29B2N3. The van der Waals surface area contributed by atoms with Crippen LogP contribution in [0.4, 0.5) is 34.1 Å². The fourth-order valence-corrected chi connectivity index (χ4v) is 8.27. The molecule has 5 aromatic rings.